The highest BCUT2D eigenvalue weighted by atomic mass is 35.5. The SMILES string of the molecule is Cc1nc(N)sc1C(=O)N1CCC[C@H](c2ncc(Cc3ccccc3Cl)o2)C1. The Bertz CT molecular complexity index is 1000. The minimum Gasteiger partial charge on any atom is -0.445 e. The van der Waals surface area contributed by atoms with Crippen molar-refractivity contribution in [2.45, 2.75) is 32.1 Å². The van der Waals surface area contributed by atoms with E-state index in [-0.39, 0.29) is 11.8 Å². The van der Waals surface area contributed by atoms with E-state index in [1.54, 1.807) is 6.20 Å². The quantitative estimate of drug-likeness (QED) is 0.685. The average Bonchev–Trinajstić information content (AvgIpc) is 3.29. The number of piperidine rings is 1. The van der Waals surface area contributed by atoms with Gasteiger partial charge in [-0.2, -0.15) is 0 Å². The first-order valence-corrected chi connectivity index (χ1v) is 10.4. The number of hydrogen-bond acceptors (Lipinski definition) is 6. The van der Waals surface area contributed by atoms with Gasteiger partial charge in [-0.3, -0.25) is 4.79 Å². The van der Waals surface area contributed by atoms with Crippen LogP contribution in [0.5, 0.6) is 0 Å². The number of nitrogen functional groups attached to an aromatic ring is 1. The van der Waals surface area contributed by atoms with Gasteiger partial charge in [0.1, 0.15) is 10.6 Å². The van der Waals surface area contributed by atoms with Gasteiger partial charge in [-0.1, -0.05) is 41.1 Å². The number of benzene rings is 1. The number of aryl methyl sites for hydroxylation is 1. The molecular weight excluding hydrogens is 396 g/mol. The van der Waals surface area contributed by atoms with E-state index in [1.807, 2.05) is 36.1 Å². The van der Waals surface area contributed by atoms with Gasteiger partial charge < -0.3 is 15.1 Å². The first-order valence-electron chi connectivity index (χ1n) is 9.21. The Hall–Kier alpha value is -2.38. The molecule has 1 saturated heterocycles. The maximum absolute atomic E-state index is 12.9. The maximum atomic E-state index is 12.9. The van der Waals surface area contributed by atoms with Crippen molar-refractivity contribution in [3.63, 3.8) is 0 Å². The van der Waals surface area contributed by atoms with Crippen LogP contribution in [0.15, 0.2) is 34.9 Å². The second-order valence-electron chi connectivity index (χ2n) is 6.99. The predicted octanol–water partition coefficient (Wildman–Crippen LogP) is 4.29. The molecule has 28 heavy (non-hydrogen) atoms. The summed E-state index contributed by atoms with van der Waals surface area (Å²) in [7, 11) is 0. The third-order valence-electron chi connectivity index (χ3n) is 4.96. The Labute approximate surface area is 172 Å². The highest BCUT2D eigenvalue weighted by molar-refractivity contribution is 7.17. The van der Waals surface area contributed by atoms with Gasteiger partial charge in [0, 0.05) is 24.5 Å². The molecule has 0 bridgehead atoms. The molecule has 1 fully saturated rings. The van der Waals surface area contributed by atoms with E-state index in [1.165, 1.54) is 11.3 Å². The molecule has 0 spiro atoms. The van der Waals surface area contributed by atoms with E-state index in [0.29, 0.717) is 39.6 Å². The Morgan fingerprint density at radius 3 is 3.00 bits per heavy atom. The first-order chi connectivity index (χ1) is 13.5. The summed E-state index contributed by atoms with van der Waals surface area (Å²) in [5.41, 5.74) is 7.44. The van der Waals surface area contributed by atoms with Crippen LogP contribution in [0.3, 0.4) is 0 Å². The van der Waals surface area contributed by atoms with Crippen LogP contribution >= 0.6 is 22.9 Å². The monoisotopic (exact) mass is 416 g/mol. The molecule has 1 aliphatic heterocycles. The number of nitrogens with two attached hydrogens (primary N) is 1. The van der Waals surface area contributed by atoms with Crippen LogP contribution in [-0.2, 0) is 6.42 Å². The van der Waals surface area contributed by atoms with Gasteiger partial charge in [0.15, 0.2) is 11.0 Å². The summed E-state index contributed by atoms with van der Waals surface area (Å²) >= 11 is 7.48. The maximum Gasteiger partial charge on any atom is 0.265 e. The standard InChI is InChI=1S/C20H21ClN4O2S/c1-12-17(28-20(22)24-12)19(26)25-8-4-6-14(11-25)18-23-10-15(27-18)9-13-5-2-3-7-16(13)21/h2-3,5,7,10,14H,4,6,8-9,11H2,1H3,(H2,22,24)/t14-/m0/s1. The molecule has 4 rings (SSSR count). The lowest BCUT2D eigenvalue weighted by atomic mass is 9.98. The number of thiazole rings is 1. The fourth-order valence-corrected chi connectivity index (χ4v) is 4.55. The van der Waals surface area contributed by atoms with E-state index >= 15 is 0 Å². The highest BCUT2D eigenvalue weighted by Crippen LogP contribution is 2.30. The van der Waals surface area contributed by atoms with E-state index in [4.69, 9.17) is 21.8 Å². The van der Waals surface area contributed by atoms with Crippen molar-refractivity contribution in [3.05, 3.63) is 63.3 Å². The van der Waals surface area contributed by atoms with Crippen molar-refractivity contribution in [2.24, 2.45) is 0 Å². The third-order valence-corrected chi connectivity index (χ3v) is 6.30. The van der Waals surface area contributed by atoms with Crippen LogP contribution < -0.4 is 5.73 Å². The molecule has 0 saturated carbocycles. The Balaban J connectivity index is 1.46. The lowest BCUT2D eigenvalue weighted by Gasteiger charge is -2.31. The second-order valence-corrected chi connectivity index (χ2v) is 8.43. The topological polar surface area (TPSA) is 85.2 Å². The molecule has 2 aromatic heterocycles. The van der Waals surface area contributed by atoms with Gasteiger partial charge in [-0.05, 0) is 31.4 Å². The van der Waals surface area contributed by atoms with Crippen LogP contribution in [-0.4, -0.2) is 33.9 Å². The zero-order valence-electron chi connectivity index (χ0n) is 15.5. The number of hydrogen-bond donors (Lipinski definition) is 1. The van der Waals surface area contributed by atoms with Crippen molar-refractivity contribution < 1.29 is 9.21 Å². The van der Waals surface area contributed by atoms with Crippen molar-refractivity contribution in [1.82, 2.24) is 14.9 Å². The summed E-state index contributed by atoms with van der Waals surface area (Å²) < 4.78 is 6.01. The molecule has 0 unspecified atom stereocenters. The van der Waals surface area contributed by atoms with Gasteiger partial charge in [-0.15, -0.1) is 0 Å². The summed E-state index contributed by atoms with van der Waals surface area (Å²) in [6, 6.07) is 7.71. The molecule has 6 nitrogen and oxygen atoms in total. The fraction of sp³-hybridized carbons (Fsp3) is 0.350. The number of likely N-dealkylation sites (tertiary alicyclic amines) is 1. The Morgan fingerprint density at radius 1 is 1.43 bits per heavy atom. The zero-order valence-corrected chi connectivity index (χ0v) is 17.1. The second kappa shape index (κ2) is 7.93. The molecular formula is C20H21ClN4O2S. The van der Waals surface area contributed by atoms with Gasteiger partial charge in [0.25, 0.3) is 5.91 Å². The van der Waals surface area contributed by atoms with E-state index in [2.05, 4.69) is 9.97 Å². The number of carbonyl (C=O) groups is 1. The molecule has 1 atom stereocenters. The van der Waals surface area contributed by atoms with Gasteiger partial charge >= 0.3 is 0 Å². The number of amides is 1. The largest absolute Gasteiger partial charge is 0.445 e. The van der Waals surface area contributed by atoms with Crippen LogP contribution in [0, 0.1) is 6.92 Å². The number of aromatic nitrogens is 2. The molecule has 1 aromatic carbocycles. The molecule has 0 aliphatic carbocycles. The van der Waals surface area contributed by atoms with E-state index in [0.717, 1.165) is 30.7 Å². The number of halogens is 1. The number of carbonyl (C=O) groups excluding carboxylic acids is 1. The van der Waals surface area contributed by atoms with Crippen LogP contribution in [0.1, 0.15) is 51.3 Å². The number of oxazole rings is 1. The lowest BCUT2D eigenvalue weighted by Crippen LogP contribution is -2.39. The summed E-state index contributed by atoms with van der Waals surface area (Å²) in [4.78, 5) is 24.0. The van der Waals surface area contributed by atoms with Gasteiger partial charge in [-0.25, -0.2) is 9.97 Å². The molecule has 8 heteroatoms. The lowest BCUT2D eigenvalue weighted by molar-refractivity contribution is 0.0702. The number of nitrogens with zero attached hydrogens (tertiary/aromatic N) is 3. The molecule has 1 amide bonds. The van der Waals surface area contributed by atoms with Crippen molar-refractivity contribution in [2.75, 3.05) is 18.8 Å². The van der Waals surface area contributed by atoms with Crippen LogP contribution in [0.25, 0.3) is 0 Å². The molecule has 1 aliphatic rings. The predicted molar refractivity (Wildman–Crippen MR) is 110 cm³/mol. The summed E-state index contributed by atoms with van der Waals surface area (Å²) in [6.45, 7) is 3.12. The summed E-state index contributed by atoms with van der Waals surface area (Å²) in [5, 5.41) is 1.14. The minimum absolute atomic E-state index is 0.0146. The van der Waals surface area contributed by atoms with Gasteiger partial charge in [0.2, 0.25) is 0 Å². The number of rotatable bonds is 4. The molecule has 2 N–H and O–H groups in total. The zero-order chi connectivity index (χ0) is 19.7. The normalized spacial score (nSPS) is 17.1. The number of anilines is 1. The minimum atomic E-state index is -0.0146. The summed E-state index contributed by atoms with van der Waals surface area (Å²) in [6.07, 6.45) is 4.21. The van der Waals surface area contributed by atoms with Crippen molar-refractivity contribution in [1.29, 1.82) is 0 Å². The fourth-order valence-electron chi connectivity index (χ4n) is 3.55. The van der Waals surface area contributed by atoms with E-state index < -0.39 is 0 Å². The molecule has 3 heterocycles. The van der Waals surface area contributed by atoms with Crippen molar-refractivity contribution in [3.8, 4) is 0 Å². The molecule has 0 radical (unpaired) electrons. The molecule has 3 aromatic rings. The van der Waals surface area contributed by atoms with E-state index in [9.17, 15) is 4.79 Å². The summed E-state index contributed by atoms with van der Waals surface area (Å²) in [5.74, 6) is 1.53. The van der Waals surface area contributed by atoms with Crippen LogP contribution in [0.4, 0.5) is 5.13 Å². The first kappa shape index (κ1) is 19.0. The smallest absolute Gasteiger partial charge is 0.265 e. The third kappa shape index (κ3) is 3.91. The highest BCUT2D eigenvalue weighted by Gasteiger charge is 2.30. The Morgan fingerprint density at radius 2 is 2.25 bits per heavy atom. The average molecular weight is 417 g/mol. The van der Waals surface area contributed by atoms with Crippen molar-refractivity contribution >= 4 is 34.0 Å². The van der Waals surface area contributed by atoms with Gasteiger partial charge in [0.05, 0.1) is 17.8 Å². The Kier molecular flexibility index (Phi) is 5.37. The molecule has 146 valence electrons. The van der Waals surface area contributed by atoms with Crippen LogP contribution in [0.2, 0.25) is 5.02 Å².